The van der Waals surface area contributed by atoms with Gasteiger partial charge in [0.05, 0.1) is 35.7 Å². The summed E-state index contributed by atoms with van der Waals surface area (Å²) in [6, 6.07) is 1.61. The van der Waals surface area contributed by atoms with Gasteiger partial charge in [-0.3, -0.25) is 0 Å². The minimum atomic E-state index is -0.594. The van der Waals surface area contributed by atoms with Gasteiger partial charge < -0.3 is 19.3 Å². The van der Waals surface area contributed by atoms with E-state index in [1.54, 1.807) is 11.0 Å². The number of nitrogens with zero attached hydrogens (tertiary/aromatic N) is 4. The Labute approximate surface area is 191 Å². The zero-order valence-electron chi connectivity index (χ0n) is 16.6. The Hall–Kier alpha value is -1.42. The van der Waals surface area contributed by atoms with Crippen molar-refractivity contribution in [2.24, 2.45) is 0 Å². The number of rotatable bonds is 1. The fourth-order valence-electron chi connectivity index (χ4n) is 3.69. The molecule has 0 unspecified atom stereocenters. The highest BCUT2D eigenvalue weighted by molar-refractivity contribution is 9.10. The summed E-state index contributed by atoms with van der Waals surface area (Å²) < 4.78 is 26.3. The molecule has 1 amide bonds. The van der Waals surface area contributed by atoms with Gasteiger partial charge in [-0.15, -0.1) is 0 Å². The molecule has 1 spiro atoms. The number of halogens is 4. The molecule has 2 aliphatic rings. The maximum absolute atomic E-state index is 14.6. The van der Waals surface area contributed by atoms with Gasteiger partial charge in [-0.25, -0.2) is 14.2 Å². The molecule has 2 aliphatic heterocycles. The van der Waals surface area contributed by atoms with Crippen LogP contribution in [0, 0.1) is 5.82 Å². The van der Waals surface area contributed by atoms with Gasteiger partial charge in [0, 0.05) is 11.9 Å². The molecular formula is C19H20BrCl2FN4O3. The second-order valence-corrected chi connectivity index (χ2v) is 10.0. The topological polar surface area (TPSA) is 67.8 Å². The number of carbonyl (C=O) groups excluding carboxylic acids is 1. The first-order valence-electron chi connectivity index (χ1n) is 9.36. The predicted octanol–water partition coefficient (Wildman–Crippen LogP) is 4.66. The third-order valence-corrected chi connectivity index (χ3v) is 6.41. The van der Waals surface area contributed by atoms with Crippen molar-refractivity contribution in [1.82, 2.24) is 14.9 Å². The fourth-order valence-corrected chi connectivity index (χ4v) is 4.35. The molecule has 0 saturated carbocycles. The Morgan fingerprint density at radius 2 is 2.00 bits per heavy atom. The lowest BCUT2D eigenvalue weighted by Gasteiger charge is -2.54. The minimum Gasteiger partial charge on any atom is -0.444 e. The number of fused-ring (bicyclic) bond motifs is 1. The number of benzene rings is 1. The van der Waals surface area contributed by atoms with Gasteiger partial charge in [-0.1, -0.05) is 11.6 Å². The summed E-state index contributed by atoms with van der Waals surface area (Å²) in [5.41, 5.74) is -1.03. The summed E-state index contributed by atoms with van der Waals surface area (Å²) in [4.78, 5) is 24.3. The zero-order valence-corrected chi connectivity index (χ0v) is 19.7. The molecule has 0 bridgehead atoms. The molecule has 4 rings (SSSR count). The van der Waals surface area contributed by atoms with Crippen molar-refractivity contribution in [2.75, 3.05) is 37.7 Å². The van der Waals surface area contributed by atoms with Crippen molar-refractivity contribution in [3.8, 4) is 0 Å². The van der Waals surface area contributed by atoms with Crippen LogP contribution in [0.3, 0.4) is 0 Å². The zero-order chi connectivity index (χ0) is 21.8. The highest BCUT2D eigenvalue weighted by atomic mass is 79.9. The van der Waals surface area contributed by atoms with Crippen molar-refractivity contribution in [1.29, 1.82) is 0 Å². The van der Waals surface area contributed by atoms with Crippen molar-refractivity contribution in [3.05, 3.63) is 26.7 Å². The van der Waals surface area contributed by atoms with E-state index < -0.39 is 17.0 Å². The Morgan fingerprint density at radius 3 is 2.67 bits per heavy atom. The number of ether oxygens (including phenoxy) is 2. The van der Waals surface area contributed by atoms with Crippen LogP contribution in [0.5, 0.6) is 0 Å². The van der Waals surface area contributed by atoms with Gasteiger partial charge >= 0.3 is 6.09 Å². The number of hydrogen-bond acceptors (Lipinski definition) is 6. The van der Waals surface area contributed by atoms with Crippen LogP contribution in [0.1, 0.15) is 20.8 Å². The molecule has 0 N–H and O–H groups in total. The average molecular weight is 522 g/mol. The second kappa shape index (κ2) is 7.62. The van der Waals surface area contributed by atoms with Crippen LogP contribution in [0.15, 0.2) is 10.5 Å². The summed E-state index contributed by atoms with van der Waals surface area (Å²) in [7, 11) is 0. The Kier molecular flexibility index (Phi) is 5.53. The molecule has 2 saturated heterocycles. The van der Waals surface area contributed by atoms with Gasteiger partial charge in [0.1, 0.15) is 22.5 Å². The van der Waals surface area contributed by atoms with Crippen molar-refractivity contribution in [3.63, 3.8) is 0 Å². The van der Waals surface area contributed by atoms with Crippen LogP contribution in [0.2, 0.25) is 10.3 Å². The van der Waals surface area contributed by atoms with E-state index in [4.69, 9.17) is 32.7 Å². The smallest absolute Gasteiger partial charge is 0.410 e. The Bertz CT molecular complexity index is 1030. The summed E-state index contributed by atoms with van der Waals surface area (Å²) in [5, 5.41) is 0.610. The summed E-state index contributed by atoms with van der Waals surface area (Å²) in [6.45, 7) is 7.69. The van der Waals surface area contributed by atoms with Crippen LogP contribution >= 0.6 is 39.1 Å². The van der Waals surface area contributed by atoms with Crippen LogP contribution in [-0.2, 0) is 9.47 Å². The Balaban J connectivity index is 1.57. The normalized spacial score (nSPS) is 18.6. The summed E-state index contributed by atoms with van der Waals surface area (Å²) in [5.74, 6) is -0.120. The van der Waals surface area contributed by atoms with E-state index in [0.717, 1.165) is 0 Å². The third-order valence-electron chi connectivity index (χ3n) is 4.94. The lowest BCUT2D eigenvalue weighted by atomic mass is 9.91. The van der Waals surface area contributed by atoms with E-state index >= 15 is 0 Å². The minimum absolute atomic E-state index is 0.0634. The van der Waals surface area contributed by atoms with Gasteiger partial charge in [-0.05, 0) is 54.4 Å². The van der Waals surface area contributed by atoms with Crippen molar-refractivity contribution in [2.45, 2.75) is 32.0 Å². The van der Waals surface area contributed by atoms with E-state index in [1.165, 1.54) is 0 Å². The van der Waals surface area contributed by atoms with Crippen LogP contribution in [0.4, 0.5) is 15.0 Å². The SMILES string of the molecule is CC(C)(C)OC(=O)N1CCOC2(C1)CN(c1nc(Cl)nc3c(F)c(Br)c(Cl)cc13)C2. The fraction of sp³-hybridized carbons (Fsp3) is 0.526. The first-order chi connectivity index (χ1) is 14.0. The molecular weight excluding hydrogens is 502 g/mol. The lowest BCUT2D eigenvalue weighted by Crippen LogP contribution is -2.71. The maximum atomic E-state index is 14.6. The molecule has 0 atom stereocenters. The summed E-state index contributed by atoms with van der Waals surface area (Å²) >= 11 is 15.3. The van der Waals surface area contributed by atoms with E-state index in [0.29, 0.717) is 44.0 Å². The van der Waals surface area contributed by atoms with Crippen molar-refractivity contribution >= 4 is 61.9 Å². The molecule has 0 aliphatic carbocycles. The number of aromatic nitrogens is 2. The van der Waals surface area contributed by atoms with Gasteiger partial charge in [0.15, 0.2) is 5.82 Å². The highest BCUT2D eigenvalue weighted by Gasteiger charge is 2.49. The van der Waals surface area contributed by atoms with E-state index in [2.05, 4.69) is 25.9 Å². The predicted molar refractivity (Wildman–Crippen MR) is 116 cm³/mol. The molecule has 0 radical (unpaired) electrons. The summed E-state index contributed by atoms with van der Waals surface area (Å²) in [6.07, 6.45) is -0.363. The molecule has 7 nitrogen and oxygen atoms in total. The lowest BCUT2D eigenvalue weighted by molar-refractivity contribution is -0.121. The molecule has 11 heteroatoms. The van der Waals surface area contributed by atoms with E-state index in [-0.39, 0.29) is 26.4 Å². The van der Waals surface area contributed by atoms with Gasteiger partial charge in [0.2, 0.25) is 5.28 Å². The standard InChI is InChI=1S/C19H20BrCl2FN4O3/c1-18(2,3)30-17(28)26-4-5-29-19(7-26)8-27(9-19)15-10-6-11(21)12(20)13(23)14(10)24-16(22)25-15/h6H,4-5,7-9H2,1-3H3. The molecule has 1 aromatic carbocycles. The van der Waals surface area contributed by atoms with Crippen LogP contribution in [-0.4, -0.2) is 64.9 Å². The van der Waals surface area contributed by atoms with E-state index in [1.807, 2.05) is 25.7 Å². The Morgan fingerprint density at radius 1 is 1.30 bits per heavy atom. The van der Waals surface area contributed by atoms with Crippen LogP contribution in [0.25, 0.3) is 10.9 Å². The number of carbonyl (C=O) groups is 1. The molecule has 2 aromatic rings. The van der Waals surface area contributed by atoms with E-state index in [9.17, 15) is 9.18 Å². The number of hydrogen-bond donors (Lipinski definition) is 0. The van der Waals surface area contributed by atoms with Gasteiger partial charge in [-0.2, -0.15) is 4.98 Å². The second-order valence-electron chi connectivity index (χ2n) is 8.49. The monoisotopic (exact) mass is 520 g/mol. The maximum Gasteiger partial charge on any atom is 0.410 e. The van der Waals surface area contributed by atoms with Crippen LogP contribution < -0.4 is 4.90 Å². The van der Waals surface area contributed by atoms with Crippen molar-refractivity contribution < 1.29 is 18.7 Å². The number of amides is 1. The number of morpholine rings is 1. The number of anilines is 1. The quantitative estimate of drug-likeness (QED) is 0.401. The first kappa shape index (κ1) is 21.8. The van der Waals surface area contributed by atoms with Gasteiger partial charge in [0.25, 0.3) is 0 Å². The molecule has 3 heterocycles. The third kappa shape index (κ3) is 4.04. The first-order valence-corrected chi connectivity index (χ1v) is 10.9. The molecule has 30 heavy (non-hydrogen) atoms. The largest absolute Gasteiger partial charge is 0.444 e. The molecule has 1 aromatic heterocycles. The molecule has 2 fully saturated rings. The molecule has 162 valence electrons. The highest BCUT2D eigenvalue weighted by Crippen LogP contribution is 2.39. The average Bonchev–Trinajstić information content (AvgIpc) is 2.63.